The van der Waals surface area contributed by atoms with E-state index in [9.17, 15) is 4.79 Å². The number of nitrogens with zero attached hydrogens (tertiary/aromatic N) is 1. The van der Waals surface area contributed by atoms with Crippen molar-refractivity contribution in [2.45, 2.75) is 6.92 Å². The maximum atomic E-state index is 10.9. The van der Waals surface area contributed by atoms with Crippen molar-refractivity contribution in [3.8, 4) is 5.75 Å². The highest BCUT2D eigenvalue weighted by molar-refractivity contribution is 6.00. The third kappa shape index (κ3) is 1.75. The van der Waals surface area contributed by atoms with E-state index in [0.29, 0.717) is 17.0 Å². The molecule has 0 saturated heterocycles. The molecule has 3 N–H and O–H groups in total. The minimum Gasteiger partial charge on any atom is -0.494 e. The molecule has 0 spiro atoms. The van der Waals surface area contributed by atoms with Crippen molar-refractivity contribution in [3.05, 3.63) is 29.5 Å². The van der Waals surface area contributed by atoms with E-state index in [4.69, 9.17) is 15.6 Å². The van der Waals surface area contributed by atoms with Crippen LogP contribution in [-0.4, -0.2) is 23.2 Å². The number of pyridine rings is 1. The predicted octanol–water partition coefficient (Wildman–Crippen LogP) is 1.83. The number of benzene rings is 1. The lowest BCUT2D eigenvalue weighted by Crippen LogP contribution is -2.04. The fraction of sp³-hybridized carbons (Fsp3) is 0.167. The number of rotatable bonds is 2. The molecule has 88 valence electrons. The van der Waals surface area contributed by atoms with Crippen molar-refractivity contribution in [1.82, 2.24) is 4.98 Å². The Bertz CT molecular complexity index is 608. The van der Waals surface area contributed by atoms with Gasteiger partial charge in [0.1, 0.15) is 11.3 Å². The standard InChI is InChI=1S/C12H12N2O3/c1-6-3-4-9(17-2)11-10(6)7(13)5-8(14-11)12(15)16/h3-5H,1-2H3,(H2,13,14)(H,15,16). The summed E-state index contributed by atoms with van der Waals surface area (Å²) in [6, 6.07) is 4.96. The van der Waals surface area contributed by atoms with Gasteiger partial charge in [0.25, 0.3) is 0 Å². The second-order valence-electron chi connectivity index (χ2n) is 3.71. The Morgan fingerprint density at radius 2 is 2.18 bits per heavy atom. The molecule has 0 unspecified atom stereocenters. The molecule has 1 heterocycles. The van der Waals surface area contributed by atoms with E-state index in [1.165, 1.54) is 13.2 Å². The molecule has 0 fully saturated rings. The molecular weight excluding hydrogens is 220 g/mol. The Morgan fingerprint density at radius 3 is 2.76 bits per heavy atom. The Kier molecular flexibility index (Phi) is 2.59. The summed E-state index contributed by atoms with van der Waals surface area (Å²) < 4.78 is 5.16. The topological polar surface area (TPSA) is 85.4 Å². The third-order valence-corrected chi connectivity index (χ3v) is 2.60. The minimum atomic E-state index is -1.11. The second-order valence-corrected chi connectivity index (χ2v) is 3.71. The zero-order valence-electron chi connectivity index (χ0n) is 9.52. The molecule has 0 bridgehead atoms. The fourth-order valence-corrected chi connectivity index (χ4v) is 1.79. The predicted molar refractivity (Wildman–Crippen MR) is 64.4 cm³/mol. The van der Waals surface area contributed by atoms with Gasteiger partial charge in [-0.3, -0.25) is 0 Å². The van der Waals surface area contributed by atoms with Gasteiger partial charge in [0.15, 0.2) is 5.69 Å². The van der Waals surface area contributed by atoms with Gasteiger partial charge in [-0.2, -0.15) is 0 Å². The fourth-order valence-electron chi connectivity index (χ4n) is 1.79. The van der Waals surface area contributed by atoms with Gasteiger partial charge in [0.2, 0.25) is 0 Å². The van der Waals surface area contributed by atoms with Crippen molar-refractivity contribution < 1.29 is 14.6 Å². The van der Waals surface area contributed by atoms with E-state index in [0.717, 1.165) is 10.9 Å². The Balaban J connectivity index is 2.89. The lowest BCUT2D eigenvalue weighted by atomic mass is 10.1. The number of carboxylic acids is 1. The van der Waals surface area contributed by atoms with Crippen molar-refractivity contribution in [1.29, 1.82) is 0 Å². The zero-order valence-corrected chi connectivity index (χ0v) is 9.52. The van der Waals surface area contributed by atoms with Crippen molar-refractivity contribution in [2.24, 2.45) is 0 Å². The normalized spacial score (nSPS) is 10.5. The first-order valence-electron chi connectivity index (χ1n) is 5.01. The highest BCUT2D eigenvalue weighted by atomic mass is 16.5. The summed E-state index contributed by atoms with van der Waals surface area (Å²) >= 11 is 0. The first-order chi connectivity index (χ1) is 8.04. The molecule has 2 rings (SSSR count). The number of fused-ring (bicyclic) bond motifs is 1. The van der Waals surface area contributed by atoms with Crippen molar-refractivity contribution >= 4 is 22.6 Å². The van der Waals surface area contributed by atoms with Crippen LogP contribution in [0.15, 0.2) is 18.2 Å². The molecule has 5 nitrogen and oxygen atoms in total. The van der Waals surface area contributed by atoms with E-state index in [-0.39, 0.29) is 5.69 Å². The largest absolute Gasteiger partial charge is 0.494 e. The molecule has 17 heavy (non-hydrogen) atoms. The lowest BCUT2D eigenvalue weighted by molar-refractivity contribution is 0.0691. The summed E-state index contributed by atoms with van der Waals surface area (Å²) in [4.78, 5) is 15.0. The Labute approximate surface area is 97.8 Å². The molecule has 1 aromatic heterocycles. The average molecular weight is 232 g/mol. The number of aromatic carboxylic acids is 1. The number of hydrogen-bond donors (Lipinski definition) is 2. The van der Waals surface area contributed by atoms with Crippen LogP contribution in [0.3, 0.4) is 0 Å². The summed E-state index contributed by atoms with van der Waals surface area (Å²) in [5.74, 6) is -0.595. The molecule has 0 radical (unpaired) electrons. The van der Waals surface area contributed by atoms with Crippen LogP contribution in [0.1, 0.15) is 16.1 Å². The van der Waals surface area contributed by atoms with Crippen molar-refractivity contribution in [3.63, 3.8) is 0 Å². The number of aromatic nitrogens is 1. The number of aryl methyl sites for hydroxylation is 1. The number of nitrogen functional groups attached to an aromatic ring is 1. The van der Waals surface area contributed by atoms with Crippen LogP contribution in [0.4, 0.5) is 5.69 Å². The van der Waals surface area contributed by atoms with Crippen LogP contribution >= 0.6 is 0 Å². The minimum absolute atomic E-state index is 0.0844. The van der Waals surface area contributed by atoms with Gasteiger partial charge in [0, 0.05) is 11.1 Å². The number of nitrogens with two attached hydrogens (primary N) is 1. The Morgan fingerprint density at radius 1 is 1.47 bits per heavy atom. The maximum absolute atomic E-state index is 10.9. The van der Waals surface area contributed by atoms with E-state index >= 15 is 0 Å². The smallest absolute Gasteiger partial charge is 0.354 e. The number of methoxy groups -OCH3 is 1. The summed E-state index contributed by atoms with van der Waals surface area (Å²) in [7, 11) is 1.51. The number of carboxylic acid groups (broad SMARTS) is 1. The number of hydrogen-bond acceptors (Lipinski definition) is 4. The highest BCUT2D eigenvalue weighted by Crippen LogP contribution is 2.31. The van der Waals surface area contributed by atoms with Gasteiger partial charge < -0.3 is 15.6 Å². The molecular formula is C12H12N2O3. The summed E-state index contributed by atoms with van der Waals surface area (Å²) in [5.41, 5.74) is 7.58. The second kappa shape index (κ2) is 3.93. The van der Waals surface area contributed by atoms with E-state index in [2.05, 4.69) is 4.98 Å². The van der Waals surface area contributed by atoms with Crippen LogP contribution in [0.25, 0.3) is 10.9 Å². The van der Waals surface area contributed by atoms with E-state index < -0.39 is 5.97 Å². The van der Waals surface area contributed by atoms with Crippen LogP contribution in [0, 0.1) is 6.92 Å². The van der Waals surface area contributed by atoms with Gasteiger partial charge in [0.05, 0.1) is 7.11 Å². The molecule has 0 aliphatic heterocycles. The van der Waals surface area contributed by atoms with Gasteiger partial charge >= 0.3 is 5.97 Å². The third-order valence-electron chi connectivity index (χ3n) is 2.60. The van der Waals surface area contributed by atoms with Crippen molar-refractivity contribution in [2.75, 3.05) is 12.8 Å². The molecule has 0 amide bonds. The summed E-state index contributed by atoms with van der Waals surface area (Å²) in [6.45, 7) is 1.89. The summed E-state index contributed by atoms with van der Waals surface area (Å²) in [5, 5.41) is 9.67. The van der Waals surface area contributed by atoms with E-state index in [1.54, 1.807) is 6.07 Å². The molecule has 0 aliphatic rings. The monoisotopic (exact) mass is 232 g/mol. The molecule has 1 aromatic carbocycles. The number of anilines is 1. The maximum Gasteiger partial charge on any atom is 0.354 e. The van der Waals surface area contributed by atoms with Crippen LogP contribution in [0.5, 0.6) is 5.75 Å². The van der Waals surface area contributed by atoms with Gasteiger partial charge in [-0.25, -0.2) is 9.78 Å². The molecule has 2 aromatic rings. The van der Waals surface area contributed by atoms with Crippen LogP contribution in [0.2, 0.25) is 0 Å². The molecule has 5 heteroatoms. The SMILES string of the molecule is COc1ccc(C)c2c(N)cc(C(=O)O)nc12. The van der Waals surface area contributed by atoms with Gasteiger partial charge in [-0.15, -0.1) is 0 Å². The first kappa shape index (κ1) is 11.2. The van der Waals surface area contributed by atoms with Gasteiger partial charge in [-0.1, -0.05) is 6.07 Å². The van der Waals surface area contributed by atoms with Gasteiger partial charge in [-0.05, 0) is 24.6 Å². The zero-order chi connectivity index (χ0) is 12.6. The highest BCUT2D eigenvalue weighted by Gasteiger charge is 2.13. The quantitative estimate of drug-likeness (QED) is 0.825. The average Bonchev–Trinajstić information content (AvgIpc) is 2.28. The molecule has 0 aliphatic carbocycles. The first-order valence-corrected chi connectivity index (χ1v) is 5.01. The number of ether oxygens (including phenoxy) is 1. The van der Waals surface area contributed by atoms with E-state index in [1.807, 2.05) is 13.0 Å². The number of carbonyl (C=O) groups is 1. The summed E-state index contributed by atoms with van der Waals surface area (Å²) in [6.07, 6.45) is 0. The Hall–Kier alpha value is -2.30. The van der Waals surface area contributed by atoms with Crippen LogP contribution in [-0.2, 0) is 0 Å². The molecule has 0 atom stereocenters. The van der Waals surface area contributed by atoms with Crippen LogP contribution < -0.4 is 10.5 Å². The lowest BCUT2D eigenvalue weighted by Gasteiger charge is -2.10. The molecule has 0 saturated carbocycles.